The van der Waals surface area contributed by atoms with Crippen molar-refractivity contribution >= 4 is 34.9 Å². The third kappa shape index (κ3) is 5.41. The number of Topliss-reactive ketones (excluding diaryl/α,β-unsaturated/α-hetero) is 2. The number of aromatic hydroxyl groups is 1. The lowest BCUT2D eigenvalue weighted by Gasteiger charge is -2.50. The number of fused-ring (bicyclic) bond motifs is 3. The van der Waals surface area contributed by atoms with E-state index in [1.165, 1.54) is 17.9 Å². The number of nitrogens with two attached hydrogens (primary N) is 1. The summed E-state index contributed by atoms with van der Waals surface area (Å²) in [6.45, 7) is 4.06. The fraction of sp³-hybridized carbons (Fsp3) is 0.517. The molecule has 1 aromatic rings. The Hall–Kier alpha value is -3.90. The first-order chi connectivity index (χ1) is 19.1. The quantitative estimate of drug-likeness (QED) is 0.188. The van der Waals surface area contributed by atoms with Gasteiger partial charge in [-0.15, -0.1) is 0 Å². The maximum Gasteiger partial charge on any atom is 0.302 e. The highest BCUT2D eigenvalue weighted by Crippen LogP contribution is 2.53. The Morgan fingerprint density at radius 2 is 1.76 bits per heavy atom. The molecule has 6 N–H and O–H groups in total. The predicted molar refractivity (Wildman–Crippen MR) is 150 cm³/mol. The second-order valence-electron chi connectivity index (χ2n) is 11.0. The molecule has 0 radical (unpaired) electrons. The summed E-state index contributed by atoms with van der Waals surface area (Å²) in [5.74, 6) is -6.72. The zero-order chi connectivity index (χ0) is 31.0. The van der Waals surface area contributed by atoms with Crippen LogP contribution in [0, 0.1) is 11.8 Å². The first-order valence-corrected chi connectivity index (χ1v) is 13.4. The molecule has 0 saturated heterocycles. The van der Waals surface area contributed by atoms with E-state index in [1.807, 2.05) is 19.0 Å². The minimum Gasteiger partial charge on any atom is -0.508 e. The van der Waals surface area contributed by atoms with Gasteiger partial charge in [-0.3, -0.25) is 24.1 Å². The van der Waals surface area contributed by atoms with E-state index >= 15 is 0 Å². The second-order valence-corrected chi connectivity index (χ2v) is 11.0. The number of phenolic OH excluding ortho intramolecular Hbond substituents is 1. The van der Waals surface area contributed by atoms with Crippen LogP contribution in [0.25, 0.3) is 5.76 Å². The molecule has 1 fully saturated rings. The molecule has 0 aliphatic heterocycles. The summed E-state index contributed by atoms with van der Waals surface area (Å²) in [4.78, 5) is 52.1. The van der Waals surface area contributed by atoms with Crippen LogP contribution in [-0.4, -0.2) is 95.2 Å². The van der Waals surface area contributed by atoms with E-state index in [2.05, 4.69) is 11.7 Å². The monoisotopic (exact) mass is 573 g/mol. The molecule has 224 valence electrons. The van der Waals surface area contributed by atoms with Crippen molar-refractivity contribution < 1.29 is 44.3 Å². The topological polar surface area (TPSA) is 191 Å². The average molecular weight is 574 g/mol. The van der Waals surface area contributed by atoms with Crippen LogP contribution < -0.4 is 10.6 Å². The zero-order valence-electron chi connectivity index (χ0n) is 24.2. The number of hydrogen-bond acceptors (Lipinski definition) is 11. The molecule has 0 unspecified atom stereocenters. The smallest absolute Gasteiger partial charge is 0.302 e. The Morgan fingerprint density at radius 1 is 1.12 bits per heavy atom. The van der Waals surface area contributed by atoms with Crippen molar-refractivity contribution in [1.82, 2.24) is 4.90 Å². The Balaban J connectivity index is 0.000000507. The van der Waals surface area contributed by atoms with Gasteiger partial charge in [0.2, 0.25) is 5.78 Å². The molecule has 3 aliphatic carbocycles. The third-order valence-electron chi connectivity index (χ3n) is 7.86. The van der Waals surface area contributed by atoms with E-state index in [-0.39, 0.29) is 35.7 Å². The molecule has 3 aliphatic rings. The van der Waals surface area contributed by atoms with Crippen LogP contribution in [0.2, 0.25) is 0 Å². The summed E-state index contributed by atoms with van der Waals surface area (Å²) >= 11 is 0. The van der Waals surface area contributed by atoms with Gasteiger partial charge in [-0.2, -0.15) is 0 Å². The van der Waals surface area contributed by atoms with Crippen LogP contribution in [0.3, 0.4) is 0 Å². The van der Waals surface area contributed by atoms with Crippen LogP contribution in [-0.2, 0) is 30.3 Å². The number of benzene rings is 1. The number of rotatable bonds is 6. The van der Waals surface area contributed by atoms with Crippen molar-refractivity contribution in [2.75, 3.05) is 39.7 Å². The molecule has 0 spiro atoms. The van der Waals surface area contributed by atoms with E-state index < -0.39 is 58.0 Å². The Morgan fingerprint density at radius 3 is 2.27 bits per heavy atom. The second kappa shape index (κ2) is 11.9. The number of likely N-dealkylation sites (N-methyl/N-ethyl adjacent to an activating group) is 1. The Kier molecular flexibility index (Phi) is 9.19. The van der Waals surface area contributed by atoms with Gasteiger partial charge in [0.1, 0.15) is 22.8 Å². The van der Waals surface area contributed by atoms with Crippen LogP contribution in [0.15, 0.2) is 29.0 Å². The highest BCUT2D eigenvalue weighted by atomic mass is 16.5. The van der Waals surface area contributed by atoms with Crippen molar-refractivity contribution in [3.8, 4) is 5.75 Å². The molecule has 0 aromatic heterocycles. The van der Waals surface area contributed by atoms with Gasteiger partial charge >= 0.3 is 5.97 Å². The molecule has 0 bridgehead atoms. The van der Waals surface area contributed by atoms with Gasteiger partial charge in [0.15, 0.2) is 11.4 Å². The van der Waals surface area contributed by atoms with E-state index in [1.54, 1.807) is 20.2 Å². The lowest BCUT2D eigenvalue weighted by molar-refractivity contribution is -0.153. The molecule has 1 aromatic carbocycles. The lowest BCUT2D eigenvalue weighted by Crippen LogP contribution is -2.65. The Labute approximate surface area is 238 Å². The first kappa shape index (κ1) is 31.6. The number of anilines is 1. The molecular weight excluding hydrogens is 534 g/mol. The lowest BCUT2D eigenvalue weighted by atomic mass is 9.57. The number of unbranched alkanes of at least 4 members (excludes halogenated alkanes) is 1. The molecule has 4 rings (SSSR count). The maximum absolute atomic E-state index is 13.7. The van der Waals surface area contributed by atoms with E-state index in [0.29, 0.717) is 12.2 Å². The summed E-state index contributed by atoms with van der Waals surface area (Å²) in [5.41, 5.74) is 3.15. The zero-order valence-corrected chi connectivity index (χ0v) is 24.2. The predicted octanol–water partition coefficient (Wildman–Crippen LogP) is 1.38. The molecule has 0 heterocycles. The SMILES string of the molecule is CCCCOC(C)=O.CN(C)c1ccc(O)c2c1C[C@H]1C[C@H]3[C@H](N(C)C)C(=O)C(C(N)=O)=C(O)[C@@]3(O)C(=O)C1=C2O. The van der Waals surface area contributed by atoms with Crippen molar-refractivity contribution in [3.05, 3.63) is 40.2 Å². The summed E-state index contributed by atoms with van der Waals surface area (Å²) in [6.07, 6.45) is 2.37. The number of phenols is 1. The number of esters is 1. The number of ether oxygens (including phenoxy) is 1. The van der Waals surface area contributed by atoms with Crippen LogP contribution in [0.1, 0.15) is 44.2 Å². The van der Waals surface area contributed by atoms with E-state index in [4.69, 9.17) is 5.73 Å². The number of aliphatic hydroxyl groups is 3. The summed E-state index contributed by atoms with van der Waals surface area (Å²) in [5, 5.41) is 43.9. The maximum atomic E-state index is 13.7. The van der Waals surface area contributed by atoms with E-state index in [9.17, 15) is 39.6 Å². The average Bonchev–Trinajstić information content (AvgIpc) is 2.86. The van der Waals surface area contributed by atoms with Crippen molar-refractivity contribution in [3.63, 3.8) is 0 Å². The fourth-order valence-corrected chi connectivity index (χ4v) is 6.01. The van der Waals surface area contributed by atoms with Crippen molar-refractivity contribution in [2.45, 2.75) is 51.2 Å². The summed E-state index contributed by atoms with van der Waals surface area (Å²) in [7, 11) is 6.75. The fourth-order valence-electron chi connectivity index (χ4n) is 6.01. The summed E-state index contributed by atoms with van der Waals surface area (Å²) in [6, 6.07) is 2.01. The largest absolute Gasteiger partial charge is 0.508 e. The number of ketones is 2. The van der Waals surface area contributed by atoms with Gasteiger partial charge in [-0.05, 0) is 57.0 Å². The van der Waals surface area contributed by atoms with Gasteiger partial charge in [0.25, 0.3) is 5.91 Å². The van der Waals surface area contributed by atoms with Crippen molar-refractivity contribution in [1.29, 1.82) is 0 Å². The number of hydrogen-bond donors (Lipinski definition) is 5. The van der Waals surface area contributed by atoms with Crippen molar-refractivity contribution in [2.24, 2.45) is 17.6 Å². The van der Waals surface area contributed by atoms with E-state index in [0.717, 1.165) is 18.5 Å². The molecule has 41 heavy (non-hydrogen) atoms. The molecule has 1 amide bonds. The summed E-state index contributed by atoms with van der Waals surface area (Å²) < 4.78 is 4.64. The molecule has 1 saturated carbocycles. The highest BCUT2D eigenvalue weighted by molar-refractivity contribution is 6.24. The number of amides is 1. The third-order valence-corrected chi connectivity index (χ3v) is 7.86. The minimum absolute atomic E-state index is 0.0638. The van der Waals surface area contributed by atoms with Gasteiger partial charge in [0, 0.05) is 38.2 Å². The highest BCUT2D eigenvalue weighted by Gasteiger charge is 2.64. The normalized spacial score (nSPS) is 25.1. The van der Waals surface area contributed by atoms with Crippen LogP contribution >= 0.6 is 0 Å². The molecule has 12 heteroatoms. The molecule has 4 atom stereocenters. The van der Waals surface area contributed by atoms with Gasteiger partial charge in [0.05, 0.1) is 18.2 Å². The van der Waals surface area contributed by atoms with Crippen LogP contribution in [0.5, 0.6) is 5.75 Å². The van der Waals surface area contributed by atoms with Gasteiger partial charge < -0.3 is 35.8 Å². The van der Waals surface area contributed by atoms with Gasteiger partial charge in [-0.25, -0.2) is 0 Å². The number of nitrogens with zero attached hydrogens (tertiary/aromatic N) is 2. The van der Waals surface area contributed by atoms with Crippen LogP contribution in [0.4, 0.5) is 5.69 Å². The number of primary amides is 1. The molecular formula is C29H39N3O9. The standard InChI is InChI=1S/C23H27N3O7.C6H12O2/c1-25(2)12-5-6-13(27)15-10(12)7-9-8-11-17(26(3)4)19(29)16(22(24)32)21(31)23(11,33)20(30)14(9)18(15)28;1-3-4-5-8-6(2)7/h5-6,9,11,17,27-28,31,33H,7-8H2,1-4H3,(H2,24,32);3-5H2,1-2H3/t9-,11-,17-,23-;/m0./s1. The first-order valence-electron chi connectivity index (χ1n) is 13.4. The number of carbonyl (C=O) groups excluding carboxylic acids is 4. The number of aliphatic hydroxyl groups excluding tert-OH is 2. The Bertz CT molecular complexity index is 1330. The molecule has 12 nitrogen and oxygen atoms in total. The van der Waals surface area contributed by atoms with Gasteiger partial charge in [-0.1, -0.05) is 13.3 Å². The number of carbonyl (C=O) groups is 4. The minimum atomic E-state index is -2.63.